The fourth-order valence-corrected chi connectivity index (χ4v) is 2.59. The fourth-order valence-electron chi connectivity index (χ4n) is 1.53. The zero-order chi connectivity index (χ0) is 14.7. The molecule has 1 heterocycles. The summed E-state index contributed by atoms with van der Waals surface area (Å²) in [6, 6.07) is 4.26. The largest absolute Gasteiger partial charge is 0.462 e. The molecule has 0 aliphatic heterocycles. The van der Waals surface area contributed by atoms with Crippen molar-refractivity contribution in [2.24, 2.45) is 0 Å². The molecule has 0 aliphatic carbocycles. The van der Waals surface area contributed by atoms with E-state index in [1.54, 1.807) is 19.9 Å². The third-order valence-electron chi connectivity index (χ3n) is 2.43. The van der Waals surface area contributed by atoms with Crippen LogP contribution in [0.25, 0.3) is 0 Å². The lowest BCUT2D eigenvalue weighted by molar-refractivity contribution is 0.0531. The Hall–Kier alpha value is -1.66. The smallest absolute Gasteiger partial charge is 0.350 e. The summed E-state index contributed by atoms with van der Waals surface area (Å²) in [6.07, 6.45) is 0. The predicted molar refractivity (Wildman–Crippen MR) is 77.5 cm³/mol. The van der Waals surface area contributed by atoms with Gasteiger partial charge >= 0.3 is 5.97 Å². The van der Waals surface area contributed by atoms with Gasteiger partial charge in [0.25, 0.3) is 0 Å². The number of hydrogen-bond acceptors (Lipinski definition) is 5. The van der Waals surface area contributed by atoms with Crippen molar-refractivity contribution in [1.29, 1.82) is 0 Å². The number of carbonyl (C=O) groups excluding carboxylic acids is 1. The molecule has 0 saturated carbocycles. The molecule has 1 aromatic carbocycles. The highest BCUT2D eigenvalue weighted by atomic mass is 35.5. The lowest BCUT2D eigenvalue weighted by atomic mass is 10.3. The average Bonchev–Trinajstić information content (AvgIpc) is 2.75. The summed E-state index contributed by atoms with van der Waals surface area (Å²) in [5.41, 5.74) is 1.18. The van der Waals surface area contributed by atoms with Crippen LogP contribution in [0.3, 0.4) is 0 Å². The summed E-state index contributed by atoms with van der Waals surface area (Å²) in [5.74, 6) is -0.882. The molecule has 0 atom stereocenters. The summed E-state index contributed by atoms with van der Waals surface area (Å²) in [4.78, 5) is 16.4. The van der Waals surface area contributed by atoms with Crippen LogP contribution < -0.4 is 5.32 Å². The molecule has 0 bridgehead atoms. The second-order valence-corrected chi connectivity index (χ2v) is 5.31. The van der Waals surface area contributed by atoms with Crippen molar-refractivity contribution in [2.45, 2.75) is 13.8 Å². The number of carbonyl (C=O) groups is 1. The number of halogens is 2. The van der Waals surface area contributed by atoms with E-state index in [0.717, 1.165) is 0 Å². The molecule has 0 amide bonds. The first-order chi connectivity index (χ1) is 9.51. The van der Waals surface area contributed by atoms with Gasteiger partial charge in [-0.05, 0) is 32.0 Å². The van der Waals surface area contributed by atoms with E-state index in [2.05, 4.69) is 10.3 Å². The summed E-state index contributed by atoms with van der Waals surface area (Å²) < 4.78 is 18.0. The Balaban J connectivity index is 2.20. The van der Waals surface area contributed by atoms with Crippen LogP contribution in [0, 0.1) is 12.7 Å². The molecule has 0 spiro atoms. The maximum Gasteiger partial charge on any atom is 0.350 e. The van der Waals surface area contributed by atoms with Crippen molar-refractivity contribution in [1.82, 2.24) is 4.98 Å². The highest BCUT2D eigenvalue weighted by Gasteiger charge is 2.16. The number of esters is 1. The Kier molecular flexibility index (Phi) is 4.57. The van der Waals surface area contributed by atoms with Crippen molar-refractivity contribution in [3.8, 4) is 0 Å². The summed E-state index contributed by atoms with van der Waals surface area (Å²) in [7, 11) is 0. The Morgan fingerprint density at radius 3 is 2.95 bits per heavy atom. The van der Waals surface area contributed by atoms with Gasteiger partial charge in [-0.15, -0.1) is 0 Å². The van der Waals surface area contributed by atoms with Crippen LogP contribution in [0.4, 0.5) is 15.2 Å². The second kappa shape index (κ2) is 6.19. The van der Waals surface area contributed by atoms with Crippen LogP contribution in [0.15, 0.2) is 18.2 Å². The molecule has 0 unspecified atom stereocenters. The van der Waals surface area contributed by atoms with Gasteiger partial charge < -0.3 is 10.1 Å². The molecule has 0 radical (unpaired) electrons. The van der Waals surface area contributed by atoms with E-state index in [-0.39, 0.29) is 5.02 Å². The van der Waals surface area contributed by atoms with E-state index in [9.17, 15) is 9.18 Å². The lowest BCUT2D eigenvalue weighted by Crippen LogP contribution is -2.03. The molecule has 0 aliphatic rings. The minimum Gasteiger partial charge on any atom is -0.462 e. The number of rotatable bonds is 4. The standard InChI is InChI=1S/C13H12ClFN2O2S/c1-3-19-12(18)11-7(2)16-13(20-11)17-8-4-5-10(15)9(14)6-8/h4-6H,3H2,1-2H3,(H,16,17). The molecule has 2 aromatic rings. The molecule has 4 nitrogen and oxygen atoms in total. The first kappa shape index (κ1) is 14.7. The van der Waals surface area contributed by atoms with Crippen LogP contribution in [-0.4, -0.2) is 17.6 Å². The zero-order valence-corrected chi connectivity index (χ0v) is 12.4. The first-order valence-corrected chi connectivity index (χ1v) is 7.07. The van der Waals surface area contributed by atoms with E-state index >= 15 is 0 Å². The highest BCUT2D eigenvalue weighted by molar-refractivity contribution is 7.17. The Morgan fingerprint density at radius 1 is 1.55 bits per heavy atom. The molecule has 1 aromatic heterocycles. The predicted octanol–water partition coefficient (Wildman–Crippen LogP) is 4.16. The molecular formula is C13H12ClFN2O2S. The molecule has 2 rings (SSSR count). The Bertz CT molecular complexity index is 645. The minimum atomic E-state index is -0.486. The maximum atomic E-state index is 13.1. The SMILES string of the molecule is CCOC(=O)c1sc(Nc2ccc(F)c(Cl)c2)nc1C. The number of thiazole rings is 1. The van der Waals surface area contributed by atoms with Crippen molar-refractivity contribution >= 4 is 39.7 Å². The van der Waals surface area contributed by atoms with Crippen LogP contribution >= 0.6 is 22.9 Å². The maximum absolute atomic E-state index is 13.1. The second-order valence-electron chi connectivity index (χ2n) is 3.91. The normalized spacial score (nSPS) is 10.4. The van der Waals surface area contributed by atoms with Crippen molar-refractivity contribution < 1.29 is 13.9 Å². The molecular weight excluding hydrogens is 303 g/mol. The molecule has 20 heavy (non-hydrogen) atoms. The van der Waals surface area contributed by atoms with Gasteiger partial charge in [0.2, 0.25) is 0 Å². The van der Waals surface area contributed by atoms with E-state index in [4.69, 9.17) is 16.3 Å². The molecule has 0 saturated heterocycles. The molecule has 0 fully saturated rings. The number of aryl methyl sites for hydroxylation is 1. The lowest BCUT2D eigenvalue weighted by Gasteiger charge is -2.03. The van der Waals surface area contributed by atoms with Gasteiger partial charge in [-0.2, -0.15) is 0 Å². The van der Waals surface area contributed by atoms with Crippen LogP contribution in [0.5, 0.6) is 0 Å². The number of hydrogen-bond donors (Lipinski definition) is 1. The number of aromatic nitrogens is 1. The third kappa shape index (κ3) is 3.26. The van der Waals surface area contributed by atoms with Crippen molar-refractivity contribution in [2.75, 3.05) is 11.9 Å². The van der Waals surface area contributed by atoms with Crippen molar-refractivity contribution in [3.63, 3.8) is 0 Å². The van der Waals surface area contributed by atoms with E-state index in [1.165, 1.54) is 23.5 Å². The van der Waals surface area contributed by atoms with E-state index in [0.29, 0.717) is 28.0 Å². The van der Waals surface area contributed by atoms with Crippen LogP contribution in [-0.2, 0) is 4.74 Å². The van der Waals surface area contributed by atoms with Crippen LogP contribution in [0.2, 0.25) is 5.02 Å². The fraction of sp³-hybridized carbons (Fsp3) is 0.231. The van der Waals surface area contributed by atoms with Gasteiger partial charge in [-0.1, -0.05) is 22.9 Å². The van der Waals surface area contributed by atoms with E-state index < -0.39 is 11.8 Å². The van der Waals surface area contributed by atoms with Gasteiger partial charge in [0.1, 0.15) is 10.7 Å². The average molecular weight is 315 g/mol. The molecule has 1 N–H and O–H groups in total. The number of benzene rings is 1. The van der Waals surface area contributed by atoms with Gasteiger partial charge in [-0.3, -0.25) is 0 Å². The summed E-state index contributed by atoms with van der Waals surface area (Å²) in [5, 5.41) is 3.52. The van der Waals surface area contributed by atoms with Gasteiger partial charge in [0, 0.05) is 5.69 Å². The Labute approximate surface area is 124 Å². The van der Waals surface area contributed by atoms with Gasteiger partial charge in [-0.25, -0.2) is 14.2 Å². The monoisotopic (exact) mass is 314 g/mol. The first-order valence-electron chi connectivity index (χ1n) is 5.88. The summed E-state index contributed by atoms with van der Waals surface area (Å²) >= 11 is 6.88. The topological polar surface area (TPSA) is 51.2 Å². The van der Waals surface area contributed by atoms with Gasteiger partial charge in [0.15, 0.2) is 5.13 Å². The molecule has 106 valence electrons. The quantitative estimate of drug-likeness (QED) is 0.861. The Morgan fingerprint density at radius 2 is 2.30 bits per heavy atom. The number of anilines is 2. The third-order valence-corrected chi connectivity index (χ3v) is 3.77. The minimum absolute atomic E-state index is 0.0221. The zero-order valence-electron chi connectivity index (χ0n) is 10.9. The van der Waals surface area contributed by atoms with Crippen molar-refractivity contribution in [3.05, 3.63) is 39.6 Å². The summed E-state index contributed by atoms with van der Waals surface area (Å²) in [6.45, 7) is 3.78. The van der Waals surface area contributed by atoms with Crippen LogP contribution in [0.1, 0.15) is 22.3 Å². The number of nitrogens with zero attached hydrogens (tertiary/aromatic N) is 1. The van der Waals surface area contributed by atoms with E-state index in [1.807, 2.05) is 0 Å². The van der Waals surface area contributed by atoms with Gasteiger partial charge in [0.05, 0.1) is 17.3 Å². The highest BCUT2D eigenvalue weighted by Crippen LogP contribution is 2.28. The number of ether oxygens (including phenoxy) is 1. The molecule has 7 heteroatoms. The number of nitrogens with one attached hydrogen (secondary N) is 1.